The third-order valence-corrected chi connectivity index (χ3v) is 4.19. The predicted molar refractivity (Wildman–Crippen MR) is 76.7 cm³/mol. The second-order valence-electron chi connectivity index (χ2n) is 4.74. The monoisotopic (exact) mass is 342 g/mol. The van der Waals surface area contributed by atoms with Crippen molar-refractivity contribution in [2.75, 3.05) is 11.9 Å². The number of hydrogen-bond donors (Lipinski definition) is 3. The Morgan fingerprint density at radius 2 is 2.15 bits per heavy atom. The SMILES string of the molecule is Cc1c(Br)cccc1NC(=O)N1CC(O)C[C@H]1C(=O)O. The minimum atomic E-state index is -1.11. The van der Waals surface area contributed by atoms with Gasteiger partial charge >= 0.3 is 12.0 Å². The largest absolute Gasteiger partial charge is 0.480 e. The summed E-state index contributed by atoms with van der Waals surface area (Å²) >= 11 is 3.37. The van der Waals surface area contributed by atoms with Gasteiger partial charge in [-0.05, 0) is 24.6 Å². The van der Waals surface area contributed by atoms with E-state index in [2.05, 4.69) is 21.2 Å². The second-order valence-corrected chi connectivity index (χ2v) is 5.59. The summed E-state index contributed by atoms with van der Waals surface area (Å²) in [5.74, 6) is -1.11. The zero-order chi connectivity index (χ0) is 14.9. The highest BCUT2D eigenvalue weighted by Crippen LogP contribution is 2.25. The quantitative estimate of drug-likeness (QED) is 0.764. The van der Waals surface area contributed by atoms with E-state index in [9.17, 15) is 14.7 Å². The molecule has 1 unspecified atom stereocenters. The van der Waals surface area contributed by atoms with Crippen LogP contribution in [0, 0.1) is 6.92 Å². The Morgan fingerprint density at radius 3 is 2.80 bits per heavy atom. The van der Waals surface area contributed by atoms with Crippen molar-refractivity contribution in [3.63, 3.8) is 0 Å². The van der Waals surface area contributed by atoms with Crippen LogP contribution in [0.3, 0.4) is 0 Å². The van der Waals surface area contributed by atoms with Gasteiger partial charge in [-0.1, -0.05) is 22.0 Å². The van der Waals surface area contributed by atoms with E-state index in [0.29, 0.717) is 5.69 Å². The molecule has 0 aliphatic carbocycles. The third kappa shape index (κ3) is 2.94. The van der Waals surface area contributed by atoms with Crippen LogP contribution in [0.1, 0.15) is 12.0 Å². The van der Waals surface area contributed by atoms with Gasteiger partial charge < -0.3 is 20.4 Å². The molecule has 2 atom stereocenters. The highest BCUT2D eigenvalue weighted by molar-refractivity contribution is 9.10. The summed E-state index contributed by atoms with van der Waals surface area (Å²) < 4.78 is 0.853. The lowest BCUT2D eigenvalue weighted by Gasteiger charge is -2.22. The van der Waals surface area contributed by atoms with Gasteiger partial charge in [0, 0.05) is 23.1 Å². The predicted octanol–water partition coefficient (Wildman–Crippen LogP) is 1.81. The van der Waals surface area contributed by atoms with Gasteiger partial charge in [0.1, 0.15) is 6.04 Å². The summed E-state index contributed by atoms with van der Waals surface area (Å²) in [4.78, 5) is 24.4. The molecule has 2 rings (SSSR count). The van der Waals surface area contributed by atoms with Crippen LogP contribution in [0.15, 0.2) is 22.7 Å². The lowest BCUT2D eigenvalue weighted by Crippen LogP contribution is -2.43. The first-order valence-electron chi connectivity index (χ1n) is 6.13. The lowest BCUT2D eigenvalue weighted by atomic mass is 10.2. The van der Waals surface area contributed by atoms with E-state index in [0.717, 1.165) is 14.9 Å². The first-order chi connectivity index (χ1) is 9.40. The maximum atomic E-state index is 12.2. The molecule has 1 aliphatic heterocycles. The number of aliphatic carboxylic acids is 1. The number of rotatable bonds is 2. The van der Waals surface area contributed by atoms with E-state index in [1.165, 1.54) is 0 Å². The topological polar surface area (TPSA) is 89.9 Å². The van der Waals surface area contributed by atoms with Crippen LogP contribution in [-0.4, -0.2) is 45.8 Å². The summed E-state index contributed by atoms with van der Waals surface area (Å²) in [6.45, 7) is 1.86. The number of urea groups is 1. The number of carboxylic acids is 1. The number of nitrogens with one attached hydrogen (secondary N) is 1. The van der Waals surface area contributed by atoms with E-state index in [-0.39, 0.29) is 13.0 Å². The molecule has 7 heteroatoms. The van der Waals surface area contributed by atoms with Crippen molar-refractivity contribution < 1.29 is 19.8 Å². The maximum Gasteiger partial charge on any atom is 0.326 e. The van der Waals surface area contributed by atoms with Crippen LogP contribution < -0.4 is 5.32 Å². The normalized spacial score (nSPS) is 21.9. The highest BCUT2D eigenvalue weighted by atomic mass is 79.9. The Bertz CT molecular complexity index is 549. The van der Waals surface area contributed by atoms with Gasteiger partial charge in [0.25, 0.3) is 0 Å². The Kier molecular flexibility index (Phi) is 4.29. The maximum absolute atomic E-state index is 12.2. The summed E-state index contributed by atoms with van der Waals surface area (Å²) in [6.07, 6.45) is -0.745. The van der Waals surface area contributed by atoms with Crippen molar-refractivity contribution in [2.45, 2.75) is 25.5 Å². The molecule has 0 spiro atoms. The molecule has 1 aliphatic rings. The Morgan fingerprint density at radius 1 is 1.45 bits per heavy atom. The first kappa shape index (κ1) is 14.8. The number of hydrogen-bond acceptors (Lipinski definition) is 3. The van der Waals surface area contributed by atoms with Gasteiger partial charge in [-0.25, -0.2) is 9.59 Å². The highest BCUT2D eigenvalue weighted by Gasteiger charge is 2.39. The fraction of sp³-hybridized carbons (Fsp3) is 0.385. The number of anilines is 1. The molecule has 3 N–H and O–H groups in total. The molecule has 1 heterocycles. The summed E-state index contributed by atoms with van der Waals surface area (Å²) in [7, 11) is 0. The number of carboxylic acid groups (broad SMARTS) is 1. The molecule has 0 bridgehead atoms. The van der Waals surface area contributed by atoms with Crippen molar-refractivity contribution >= 4 is 33.6 Å². The van der Waals surface area contributed by atoms with E-state index < -0.39 is 24.1 Å². The average Bonchev–Trinajstić information content (AvgIpc) is 2.77. The number of benzene rings is 1. The third-order valence-electron chi connectivity index (χ3n) is 3.33. The van der Waals surface area contributed by atoms with Crippen molar-refractivity contribution in [3.05, 3.63) is 28.2 Å². The molecule has 0 aromatic heterocycles. The second kappa shape index (κ2) is 5.80. The first-order valence-corrected chi connectivity index (χ1v) is 6.93. The van der Waals surface area contributed by atoms with Crippen LogP contribution in [-0.2, 0) is 4.79 Å². The van der Waals surface area contributed by atoms with Crippen molar-refractivity contribution in [1.82, 2.24) is 4.90 Å². The zero-order valence-corrected chi connectivity index (χ0v) is 12.4. The molecule has 6 nitrogen and oxygen atoms in total. The minimum absolute atomic E-state index is 0.0237. The Balaban J connectivity index is 2.15. The molecule has 0 radical (unpaired) electrons. The van der Waals surface area contributed by atoms with Gasteiger partial charge in [0.2, 0.25) is 0 Å². The van der Waals surface area contributed by atoms with Crippen LogP contribution in [0.5, 0.6) is 0 Å². The van der Waals surface area contributed by atoms with Crippen LogP contribution in [0.25, 0.3) is 0 Å². The minimum Gasteiger partial charge on any atom is -0.480 e. The number of carbonyl (C=O) groups excluding carboxylic acids is 1. The molecule has 0 saturated carbocycles. The van der Waals surface area contributed by atoms with Crippen LogP contribution in [0.4, 0.5) is 10.5 Å². The fourth-order valence-corrected chi connectivity index (χ4v) is 2.57. The molecule has 1 fully saturated rings. The number of aliphatic hydroxyl groups excluding tert-OH is 1. The van der Waals surface area contributed by atoms with Gasteiger partial charge in [-0.2, -0.15) is 0 Å². The van der Waals surface area contributed by atoms with E-state index in [4.69, 9.17) is 5.11 Å². The van der Waals surface area contributed by atoms with Gasteiger partial charge in [0.05, 0.1) is 6.10 Å². The van der Waals surface area contributed by atoms with E-state index in [1.54, 1.807) is 12.1 Å². The number of carbonyl (C=O) groups is 2. The van der Waals surface area contributed by atoms with E-state index in [1.807, 2.05) is 13.0 Å². The number of aliphatic hydroxyl groups is 1. The molecule has 2 amide bonds. The fourth-order valence-electron chi connectivity index (χ4n) is 2.20. The summed E-state index contributed by atoms with van der Waals surface area (Å²) in [5, 5.41) is 21.3. The number of nitrogens with zero attached hydrogens (tertiary/aromatic N) is 1. The lowest BCUT2D eigenvalue weighted by molar-refractivity contribution is -0.141. The Labute approximate surface area is 124 Å². The number of likely N-dealkylation sites (tertiary alicyclic amines) is 1. The average molecular weight is 343 g/mol. The molecule has 1 aromatic carbocycles. The van der Waals surface area contributed by atoms with Crippen molar-refractivity contribution in [2.24, 2.45) is 0 Å². The van der Waals surface area contributed by atoms with Gasteiger partial charge in [-0.15, -0.1) is 0 Å². The number of amides is 2. The number of halogens is 1. The molecule has 20 heavy (non-hydrogen) atoms. The van der Waals surface area contributed by atoms with Gasteiger partial charge in [-0.3, -0.25) is 0 Å². The van der Waals surface area contributed by atoms with Crippen LogP contribution >= 0.6 is 15.9 Å². The molecular formula is C13H15BrN2O4. The summed E-state index contributed by atoms with van der Waals surface area (Å²) in [6, 6.07) is 3.86. The van der Waals surface area contributed by atoms with Gasteiger partial charge in [0.15, 0.2) is 0 Å². The zero-order valence-electron chi connectivity index (χ0n) is 10.8. The number of β-amino-alcohol motifs (C(OH)–C–C–N with tert-alkyl or cyclic N) is 1. The van der Waals surface area contributed by atoms with Crippen molar-refractivity contribution in [3.8, 4) is 0 Å². The Hall–Kier alpha value is -1.60. The molecule has 108 valence electrons. The molecular weight excluding hydrogens is 328 g/mol. The van der Waals surface area contributed by atoms with E-state index >= 15 is 0 Å². The summed E-state index contributed by atoms with van der Waals surface area (Å²) in [5.41, 5.74) is 1.46. The molecule has 1 saturated heterocycles. The molecule has 1 aromatic rings. The van der Waals surface area contributed by atoms with Crippen LogP contribution in [0.2, 0.25) is 0 Å². The smallest absolute Gasteiger partial charge is 0.326 e. The van der Waals surface area contributed by atoms with Crippen molar-refractivity contribution in [1.29, 1.82) is 0 Å². The standard InChI is InChI=1S/C13H15BrN2O4/c1-7-9(14)3-2-4-10(7)15-13(20)16-6-8(17)5-11(16)12(18)19/h2-4,8,11,17H,5-6H2,1H3,(H,15,20)(H,18,19)/t8?,11-/m0/s1.